The van der Waals surface area contributed by atoms with Gasteiger partial charge in [0.25, 0.3) is 5.69 Å². The first-order valence-corrected chi connectivity index (χ1v) is 11.6. The molecule has 0 N–H and O–H groups in total. The van der Waals surface area contributed by atoms with Crippen molar-refractivity contribution in [2.45, 2.75) is 57.8 Å². The molecule has 1 fully saturated rings. The molecular weight excluding hydrogens is 434 g/mol. The lowest BCUT2D eigenvalue weighted by Crippen LogP contribution is -2.56. The SMILES string of the molecule is CC1(C)CC(=O)C2=C(C1)OC1CC2N(Cc2ccc([N+](=O)[O-])cc2)C2c3ncccc3C(=O)C12. The van der Waals surface area contributed by atoms with Gasteiger partial charge in [-0.05, 0) is 23.1 Å². The molecule has 4 atom stereocenters. The number of aromatic nitrogens is 1. The van der Waals surface area contributed by atoms with Gasteiger partial charge in [0.05, 0.1) is 28.2 Å². The van der Waals surface area contributed by atoms with Gasteiger partial charge >= 0.3 is 0 Å². The van der Waals surface area contributed by atoms with Crippen LogP contribution in [0.5, 0.6) is 0 Å². The van der Waals surface area contributed by atoms with Crippen LogP contribution < -0.4 is 0 Å². The summed E-state index contributed by atoms with van der Waals surface area (Å²) in [6, 6.07) is 9.58. The Labute approximate surface area is 196 Å². The zero-order valence-electron chi connectivity index (χ0n) is 19.1. The third kappa shape index (κ3) is 3.12. The van der Waals surface area contributed by atoms with Gasteiger partial charge in [0.1, 0.15) is 11.9 Å². The fraction of sp³-hybridized carbons (Fsp3) is 0.423. The molecule has 0 amide bonds. The third-order valence-electron chi connectivity index (χ3n) is 7.66. The molecule has 3 heterocycles. The van der Waals surface area contributed by atoms with Gasteiger partial charge in [0, 0.05) is 55.7 Å². The van der Waals surface area contributed by atoms with Crippen LogP contribution in [0.25, 0.3) is 0 Å². The maximum atomic E-state index is 13.5. The average molecular weight is 460 g/mol. The monoisotopic (exact) mass is 459 g/mol. The molecule has 6 rings (SSSR count). The highest BCUT2D eigenvalue weighted by molar-refractivity contribution is 6.04. The fourth-order valence-corrected chi connectivity index (χ4v) is 6.27. The second-order valence-corrected chi connectivity index (χ2v) is 10.6. The molecule has 34 heavy (non-hydrogen) atoms. The second kappa shape index (κ2) is 7.30. The molecule has 174 valence electrons. The minimum absolute atomic E-state index is 0.0316. The van der Waals surface area contributed by atoms with Gasteiger partial charge in [-0.2, -0.15) is 0 Å². The quantitative estimate of drug-likeness (QED) is 0.502. The predicted molar refractivity (Wildman–Crippen MR) is 122 cm³/mol. The summed E-state index contributed by atoms with van der Waals surface area (Å²) in [5.74, 6) is 0.475. The Balaban J connectivity index is 1.47. The lowest BCUT2D eigenvalue weighted by atomic mass is 9.70. The molecule has 2 bridgehead atoms. The molecule has 2 aliphatic carbocycles. The molecule has 1 aromatic heterocycles. The molecular formula is C26H25N3O5. The van der Waals surface area contributed by atoms with E-state index in [0.717, 1.165) is 22.6 Å². The molecule has 1 saturated heterocycles. The van der Waals surface area contributed by atoms with Crippen LogP contribution in [0.3, 0.4) is 0 Å². The Kier molecular flexibility index (Phi) is 4.55. The summed E-state index contributed by atoms with van der Waals surface area (Å²) >= 11 is 0. The predicted octanol–water partition coefficient (Wildman–Crippen LogP) is 4.16. The summed E-state index contributed by atoms with van der Waals surface area (Å²) in [5, 5.41) is 11.1. The van der Waals surface area contributed by atoms with Gasteiger partial charge in [0.2, 0.25) is 0 Å². The largest absolute Gasteiger partial charge is 0.493 e. The van der Waals surface area contributed by atoms with Crippen LogP contribution in [0.1, 0.15) is 60.8 Å². The maximum absolute atomic E-state index is 13.5. The summed E-state index contributed by atoms with van der Waals surface area (Å²) in [6.07, 6.45) is 3.10. The number of carbonyl (C=O) groups is 2. The number of non-ortho nitro benzene ring substituents is 1. The van der Waals surface area contributed by atoms with Crippen molar-refractivity contribution in [3.05, 3.63) is 80.9 Å². The lowest BCUT2D eigenvalue weighted by molar-refractivity contribution is -0.384. The summed E-state index contributed by atoms with van der Waals surface area (Å²) in [6.45, 7) is 4.59. The number of carbonyl (C=O) groups excluding carboxylic acids is 2. The number of hydrogen-bond donors (Lipinski definition) is 0. The van der Waals surface area contributed by atoms with Crippen LogP contribution in [0, 0.1) is 21.4 Å². The number of rotatable bonds is 3. The van der Waals surface area contributed by atoms with E-state index in [2.05, 4.69) is 23.7 Å². The Morgan fingerprint density at radius 1 is 1.18 bits per heavy atom. The molecule has 2 aliphatic heterocycles. The van der Waals surface area contributed by atoms with Crippen molar-refractivity contribution in [1.82, 2.24) is 9.88 Å². The smallest absolute Gasteiger partial charge is 0.269 e. The van der Waals surface area contributed by atoms with Gasteiger partial charge < -0.3 is 4.74 Å². The van der Waals surface area contributed by atoms with E-state index < -0.39 is 10.8 Å². The molecule has 8 nitrogen and oxygen atoms in total. The first-order chi connectivity index (χ1) is 16.2. The summed E-state index contributed by atoms with van der Waals surface area (Å²) in [4.78, 5) is 44.3. The minimum atomic E-state index is -0.418. The topological polar surface area (TPSA) is 103 Å². The lowest BCUT2D eigenvalue weighted by Gasteiger charge is -2.52. The van der Waals surface area contributed by atoms with Crippen molar-refractivity contribution in [3.63, 3.8) is 0 Å². The number of nitro groups is 1. The zero-order valence-corrected chi connectivity index (χ0v) is 19.1. The molecule has 4 unspecified atom stereocenters. The van der Waals surface area contributed by atoms with Crippen molar-refractivity contribution in [3.8, 4) is 0 Å². The number of benzene rings is 1. The molecule has 8 heteroatoms. The van der Waals surface area contributed by atoms with Crippen molar-refractivity contribution < 1.29 is 19.2 Å². The molecule has 0 radical (unpaired) electrons. The first kappa shape index (κ1) is 21.2. The normalized spacial score (nSPS) is 29.2. The van der Waals surface area contributed by atoms with Gasteiger partial charge in [-0.1, -0.05) is 26.0 Å². The second-order valence-electron chi connectivity index (χ2n) is 10.6. The van der Waals surface area contributed by atoms with E-state index in [4.69, 9.17) is 4.74 Å². The number of pyridine rings is 1. The Morgan fingerprint density at radius 3 is 2.68 bits per heavy atom. The Hall–Kier alpha value is -3.39. The van der Waals surface area contributed by atoms with Crippen molar-refractivity contribution in [2.24, 2.45) is 11.3 Å². The van der Waals surface area contributed by atoms with E-state index in [-0.39, 0.29) is 40.9 Å². The van der Waals surface area contributed by atoms with Gasteiger partial charge in [-0.25, -0.2) is 0 Å². The van der Waals surface area contributed by atoms with Crippen LogP contribution in [0.2, 0.25) is 0 Å². The number of hydrogen-bond acceptors (Lipinski definition) is 7. The molecule has 2 aromatic rings. The van der Waals surface area contributed by atoms with E-state index in [0.29, 0.717) is 31.4 Å². The van der Waals surface area contributed by atoms with Crippen molar-refractivity contribution in [2.75, 3.05) is 0 Å². The van der Waals surface area contributed by atoms with E-state index >= 15 is 0 Å². The highest BCUT2D eigenvalue weighted by Gasteiger charge is 2.58. The summed E-state index contributed by atoms with van der Waals surface area (Å²) < 4.78 is 6.43. The molecule has 0 saturated carbocycles. The average Bonchev–Trinajstić information content (AvgIpc) is 3.08. The Morgan fingerprint density at radius 2 is 1.94 bits per heavy atom. The van der Waals surface area contributed by atoms with Gasteiger partial charge in [-0.15, -0.1) is 0 Å². The van der Waals surface area contributed by atoms with E-state index in [1.165, 1.54) is 12.1 Å². The standard InChI is InChI=1S/C26H25N3O5/c1-26(2)11-18(30)21-17-10-19(34-20(21)12-26)22-24(23-16(25(22)31)4-3-9-27-23)28(17)13-14-5-7-15(8-6-14)29(32)33/h3-9,17,19,22,24H,10-13H2,1-2H3. The Bertz CT molecular complexity index is 1270. The number of piperidine rings is 1. The fourth-order valence-electron chi connectivity index (χ4n) is 6.27. The number of ether oxygens (including phenoxy) is 1. The summed E-state index contributed by atoms with van der Waals surface area (Å²) in [7, 11) is 0. The first-order valence-electron chi connectivity index (χ1n) is 11.6. The number of nitrogens with zero attached hydrogens (tertiary/aromatic N) is 3. The number of fused-ring (bicyclic) bond motifs is 7. The van der Waals surface area contributed by atoms with Gasteiger partial charge in [0.15, 0.2) is 11.6 Å². The van der Waals surface area contributed by atoms with E-state index in [1.54, 1.807) is 24.4 Å². The summed E-state index contributed by atoms with van der Waals surface area (Å²) in [5.41, 5.74) is 2.81. The molecule has 4 aliphatic rings. The highest BCUT2D eigenvalue weighted by atomic mass is 16.6. The van der Waals surface area contributed by atoms with Crippen LogP contribution in [0.15, 0.2) is 53.9 Å². The van der Waals surface area contributed by atoms with E-state index in [1.807, 2.05) is 6.07 Å². The van der Waals surface area contributed by atoms with Crippen LogP contribution in [-0.2, 0) is 16.1 Å². The van der Waals surface area contributed by atoms with E-state index in [9.17, 15) is 19.7 Å². The third-order valence-corrected chi connectivity index (χ3v) is 7.66. The van der Waals surface area contributed by atoms with Crippen LogP contribution in [0.4, 0.5) is 5.69 Å². The number of allylic oxidation sites excluding steroid dienone is 1. The number of nitro benzene ring substituents is 1. The zero-order chi connectivity index (χ0) is 23.8. The minimum Gasteiger partial charge on any atom is -0.493 e. The van der Waals surface area contributed by atoms with Crippen LogP contribution >= 0.6 is 0 Å². The molecule has 1 aromatic carbocycles. The molecule has 0 spiro atoms. The van der Waals surface area contributed by atoms with Gasteiger partial charge in [-0.3, -0.25) is 29.6 Å². The highest BCUT2D eigenvalue weighted by Crippen LogP contribution is 2.54. The number of Topliss-reactive ketones (excluding diaryl/α,β-unsaturated/α-hetero) is 2. The van der Waals surface area contributed by atoms with Crippen molar-refractivity contribution >= 4 is 17.3 Å². The van der Waals surface area contributed by atoms with Crippen molar-refractivity contribution in [1.29, 1.82) is 0 Å². The maximum Gasteiger partial charge on any atom is 0.269 e. The number of likely N-dealkylation sites (tertiary alicyclic amines) is 1. The van der Waals surface area contributed by atoms with Crippen LogP contribution in [-0.4, -0.2) is 38.5 Å². The number of ketones is 2.